The molecule has 0 aliphatic rings. The van der Waals surface area contributed by atoms with Crippen LogP contribution in [0, 0.1) is 10.6 Å². The lowest BCUT2D eigenvalue weighted by atomic mass is 10.2. The number of nitrogens with zero attached hydrogens (tertiary/aromatic N) is 1. The van der Waals surface area contributed by atoms with Gasteiger partial charge in [0.15, 0.2) is 0 Å². The maximum Gasteiger partial charge on any atom is 0.265 e. The van der Waals surface area contributed by atoms with Gasteiger partial charge in [-0.3, -0.25) is 0 Å². The van der Waals surface area contributed by atoms with E-state index in [9.17, 15) is 17.2 Å². The highest BCUT2D eigenvalue weighted by Crippen LogP contribution is 2.32. The van der Waals surface area contributed by atoms with E-state index < -0.39 is 25.9 Å². The molecular formula is C7H5ClF2INO2S. The lowest BCUT2D eigenvalue weighted by Crippen LogP contribution is -2.04. The Morgan fingerprint density at radius 3 is 2.47 bits per heavy atom. The van der Waals surface area contributed by atoms with Gasteiger partial charge in [-0.1, -0.05) is 0 Å². The lowest BCUT2D eigenvalue weighted by Gasteiger charge is -2.09. The molecule has 0 saturated carbocycles. The molecule has 1 aromatic heterocycles. The molecule has 8 heteroatoms. The van der Waals surface area contributed by atoms with Gasteiger partial charge in [0.05, 0.1) is 0 Å². The third-order valence-corrected chi connectivity index (χ3v) is 4.19. The second-order valence-corrected chi connectivity index (χ2v) is 6.25. The molecule has 1 heterocycles. The zero-order chi connectivity index (χ0) is 11.8. The Morgan fingerprint density at radius 1 is 1.53 bits per heavy atom. The van der Waals surface area contributed by atoms with Crippen LogP contribution in [0.25, 0.3) is 0 Å². The number of hydrogen-bond donors (Lipinski definition) is 0. The zero-order valence-electron chi connectivity index (χ0n) is 7.34. The van der Waals surface area contributed by atoms with Crippen LogP contribution in [0.5, 0.6) is 0 Å². The molecule has 0 N–H and O–H groups in total. The number of pyridine rings is 1. The molecule has 0 atom stereocenters. The Labute approximate surface area is 103 Å². The number of halogens is 4. The smallest absolute Gasteiger partial charge is 0.249 e. The first-order valence-electron chi connectivity index (χ1n) is 3.63. The van der Waals surface area contributed by atoms with Crippen molar-refractivity contribution in [3.63, 3.8) is 0 Å². The predicted octanol–water partition coefficient (Wildman–Crippen LogP) is 2.86. The summed E-state index contributed by atoms with van der Waals surface area (Å²) in [7, 11) is 0.837. The Balaban J connectivity index is 3.62. The second kappa shape index (κ2) is 4.46. The summed E-state index contributed by atoms with van der Waals surface area (Å²) in [5.41, 5.74) is -0.447. The van der Waals surface area contributed by atoms with Gasteiger partial charge >= 0.3 is 0 Å². The molecule has 3 nitrogen and oxygen atoms in total. The fourth-order valence-corrected chi connectivity index (χ4v) is 2.53. The molecule has 84 valence electrons. The second-order valence-electron chi connectivity index (χ2n) is 2.69. The molecule has 0 unspecified atom stereocenters. The van der Waals surface area contributed by atoms with Crippen LogP contribution >= 0.6 is 33.3 Å². The summed E-state index contributed by atoms with van der Waals surface area (Å²) in [5.74, 6) is 0. The van der Waals surface area contributed by atoms with Gasteiger partial charge in [0, 0.05) is 22.4 Å². The first-order valence-corrected chi connectivity index (χ1v) is 7.01. The van der Waals surface area contributed by atoms with Crippen LogP contribution in [0.2, 0.25) is 0 Å². The molecule has 0 aliphatic heterocycles. The summed E-state index contributed by atoms with van der Waals surface area (Å²) in [5, 5.41) is 0. The molecule has 0 amide bonds. The van der Waals surface area contributed by atoms with Crippen LogP contribution in [0.4, 0.5) is 8.78 Å². The van der Waals surface area contributed by atoms with Gasteiger partial charge in [0.1, 0.15) is 8.60 Å². The van der Waals surface area contributed by atoms with E-state index in [1.54, 1.807) is 22.6 Å². The number of aromatic nitrogens is 1. The quantitative estimate of drug-likeness (QED) is 0.459. The summed E-state index contributed by atoms with van der Waals surface area (Å²) >= 11 is 1.75. The first-order chi connectivity index (χ1) is 6.75. The normalized spacial score (nSPS) is 12.1. The summed E-state index contributed by atoms with van der Waals surface area (Å²) in [4.78, 5) is 3.05. The molecule has 0 bridgehead atoms. The standard InChI is InChI=1S/C7H5ClF2INO2S/c1-3-5(6(9)10)4(15(8,13)14)2-12-7(3)11/h2,6H,1H3. The van der Waals surface area contributed by atoms with E-state index in [-0.39, 0.29) is 5.56 Å². The molecule has 1 aromatic rings. The summed E-state index contributed by atoms with van der Waals surface area (Å²) < 4.78 is 47.6. The van der Waals surface area contributed by atoms with Crippen molar-refractivity contribution >= 4 is 42.3 Å². The van der Waals surface area contributed by atoms with Crippen molar-refractivity contribution in [3.05, 3.63) is 21.0 Å². The monoisotopic (exact) mass is 367 g/mol. The van der Waals surface area contributed by atoms with Crippen molar-refractivity contribution in [2.24, 2.45) is 0 Å². The Morgan fingerprint density at radius 2 is 2.07 bits per heavy atom. The Kier molecular flexibility index (Phi) is 3.88. The van der Waals surface area contributed by atoms with Gasteiger partial charge in [-0.25, -0.2) is 22.2 Å². The van der Waals surface area contributed by atoms with Crippen molar-refractivity contribution < 1.29 is 17.2 Å². The van der Waals surface area contributed by atoms with Crippen molar-refractivity contribution in [1.29, 1.82) is 0 Å². The maximum absolute atomic E-state index is 12.6. The first kappa shape index (κ1) is 13.0. The van der Waals surface area contributed by atoms with Crippen LogP contribution in [-0.4, -0.2) is 13.4 Å². The van der Waals surface area contributed by atoms with Gasteiger partial charge < -0.3 is 0 Å². The fraction of sp³-hybridized carbons (Fsp3) is 0.286. The van der Waals surface area contributed by atoms with Crippen LogP contribution < -0.4 is 0 Å². The molecule has 15 heavy (non-hydrogen) atoms. The minimum atomic E-state index is -4.19. The third-order valence-electron chi connectivity index (χ3n) is 1.75. The van der Waals surface area contributed by atoms with E-state index in [1.807, 2.05) is 0 Å². The number of rotatable bonds is 2. The van der Waals surface area contributed by atoms with E-state index in [0.717, 1.165) is 6.20 Å². The van der Waals surface area contributed by atoms with E-state index >= 15 is 0 Å². The van der Waals surface area contributed by atoms with Gasteiger partial charge in [-0.05, 0) is 35.1 Å². The lowest BCUT2D eigenvalue weighted by molar-refractivity contribution is 0.147. The average molecular weight is 368 g/mol. The molecule has 0 aromatic carbocycles. The van der Waals surface area contributed by atoms with Gasteiger partial charge in [-0.15, -0.1) is 0 Å². The zero-order valence-corrected chi connectivity index (χ0v) is 11.1. The minimum absolute atomic E-state index is 0.132. The summed E-state index contributed by atoms with van der Waals surface area (Å²) in [6.07, 6.45) is -2.05. The molecule has 0 saturated heterocycles. The summed E-state index contributed by atoms with van der Waals surface area (Å²) in [6, 6.07) is 0. The number of alkyl halides is 2. The average Bonchev–Trinajstić information content (AvgIpc) is 2.06. The van der Waals surface area contributed by atoms with Gasteiger partial charge in [0.25, 0.3) is 15.5 Å². The van der Waals surface area contributed by atoms with Crippen molar-refractivity contribution in [1.82, 2.24) is 4.98 Å². The highest BCUT2D eigenvalue weighted by atomic mass is 127. The van der Waals surface area contributed by atoms with E-state index in [2.05, 4.69) is 4.98 Å². The number of hydrogen-bond acceptors (Lipinski definition) is 3. The SMILES string of the molecule is Cc1c(I)ncc(S(=O)(=O)Cl)c1C(F)F. The fourth-order valence-electron chi connectivity index (χ4n) is 1.04. The molecule has 0 aliphatic carbocycles. The van der Waals surface area contributed by atoms with Crippen LogP contribution in [-0.2, 0) is 9.05 Å². The topological polar surface area (TPSA) is 47.0 Å². The van der Waals surface area contributed by atoms with E-state index in [0.29, 0.717) is 3.70 Å². The molecular weight excluding hydrogens is 363 g/mol. The predicted molar refractivity (Wildman–Crippen MR) is 59.7 cm³/mol. The van der Waals surface area contributed by atoms with Crippen molar-refractivity contribution in [2.45, 2.75) is 18.2 Å². The van der Waals surface area contributed by atoms with Gasteiger partial charge in [0.2, 0.25) is 0 Å². The summed E-state index contributed by atoms with van der Waals surface area (Å²) in [6.45, 7) is 1.38. The minimum Gasteiger partial charge on any atom is -0.249 e. The van der Waals surface area contributed by atoms with Crippen molar-refractivity contribution in [2.75, 3.05) is 0 Å². The van der Waals surface area contributed by atoms with Gasteiger partial charge in [-0.2, -0.15) is 0 Å². The van der Waals surface area contributed by atoms with Crippen LogP contribution in [0.1, 0.15) is 17.6 Å². The largest absolute Gasteiger partial charge is 0.265 e. The van der Waals surface area contributed by atoms with Crippen molar-refractivity contribution in [3.8, 4) is 0 Å². The van der Waals surface area contributed by atoms with Crippen LogP contribution in [0.3, 0.4) is 0 Å². The Bertz CT molecular complexity index is 492. The molecule has 0 fully saturated rings. The van der Waals surface area contributed by atoms with Crippen LogP contribution in [0.15, 0.2) is 11.1 Å². The maximum atomic E-state index is 12.6. The molecule has 1 rings (SSSR count). The third kappa shape index (κ3) is 2.76. The Hall–Kier alpha value is -0.0200. The van der Waals surface area contributed by atoms with E-state index in [1.165, 1.54) is 6.92 Å². The highest BCUT2D eigenvalue weighted by Gasteiger charge is 2.25. The molecule has 0 radical (unpaired) electrons. The van der Waals surface area contributed by atoms with E-state index in [4.69, 9.17) is 10.7 Å². The highest BCUT2D eigenvalue weighted by molar-refractivity contribution is 14.1. The molecule has 0 spiro atoms.